The molecule has 0 unspecified atom stereocenters. The summed E-state index contributed by atoms with van der Waals surface area (Å²) >= 11 is 6.60. The minimum atomic E-state index is -5.03. The van der Waals surface area contributed by atoms with Gasteiger partial charge in [-0.05, 0) is 55.5 Å². The highest BCUT2D eigenvalue weighted by molar-refractivity contribution is 6.36. The number of ether oxygens (including phenoxy) is 1. The van der Waals surface area contributed by atoms with Crippen molar-refractivity contribution in [2.45, 2.75) is 57.0 Å². The molecule has 4 heterocycles. The largest absolute Gasteiger partial charge is 0.435 e. The maximum atomic E-state index is 15.3. The van der Waals surface area contributed by atoms with E-state index >= 15 is 8.78 Å². The molecule has 1 saturated carbocycles. The Morgan fingerprint density at radius 1 is 1.11 bits per heavy atom. The molecule has 0 saturated heterocycles. The number of halogens is 8. The number of amides is 1. The molecule has 18 heteroatoms. The number of carbonyl (C=O) groups excluding carboxylic acids is 1. The predicted octanol–water partition coefficient (Wildman–Crippen LogP) is 7.42. The Balaban J connectivity index is 1.28. The second-order valence-electron chi connectivity index (χ2n) is 13.4. The van der Waals surface area contributed by atoms with Gasteiger partial charge in [-0.3, -0.25) is 14.2 Å². The van der Waals surface area contributed by atoms with Gasteiger partial charge in [-0.15, -0.1) is 0 Å². The highest BCUT2D eigenvalue weighted by atomic mass is 35.5. The molecule has 276 valence electrons. The molecule has 0 radical (unpaired) electrons. The van der Waals surface area contributed by atoms with Crippen LogP contribution in [0.25, 0.3) is 33.2 Å². The predicted molar refractivity (Wildman–Crippen MR) is 177 cm³/mol. The van der Waals surface area contributed by atoms with Crippen LogP contribution in [0.4, 0.5) is 30.7 Å². The van der Waals surface area contributed by atoms with Gasteiger partial charge in [-0.1, -0.05) is 17.7 Å². The lowest BCUT2D eigenvalue weighted by Gasteiger charge is -2.23. The number of imidazole rings is 1. The molecule has 2 aliphatic rings. The van der Waals surface area contributed by atoms with Gasteiger partial charge in [-0.2, -0.15) is 32.1 Å². The van der Waals surface area contributed by atoms with Crippen LogP contribution in [0.3, 0.4) is 0 Å². The number of nitrogens with one attached hydrogen (secondary N) is 2. The van der Waals surface area contributed by atoms with Crippen molar-refractivity contribution in [1.82, 2.24) is 39.8 Å². The lowest BCUT2D eigenvalue weighted by atomic mass is 9.93. The molecule has 6 aromatic rings. The number of carbonyl (C=O) groups is 1. The number of hydrogen-bond acceptors (Lipinski definition) is 6. The van der Waals surface area contributed by atoms with Gasteiger partial charge in [0.1, 0.15) is 36.3 Å². The fourth-order valence-electron chi connectivity index (χ4n) is 7.63. The summed E-state index contributed by atoms with van der Waals surface area (Å²) in [6, 6.07) is 6.61. The standard InChI is InChI=1S/C35H28ClF7N8O2/c1-14-27-22(36)5-4-18(30(27)50(2)48-14)19-11-24-33(46-25(44-24)13-53-3)47-29(19)23(8-15-6-16(37)9-17(38)7-15)45-26(52)12-51-32-28(31(49-51)35(41,42)43)20-10-21(20)34(32,39)40/h4-7,9,11,20-21,23H,8,10,12-13H2,1-3H3,(H,45,52)(H,44,46,47)/t20-,21+,23-/m0/s1. The van der Waals surface area contributed by atoms with E-state index < -0.39 is 71.0 Å². The number of aryl methyl sites for hydroxylation is 2. The highest BCUT2D eigenvalue weighted by Crippen LogP contribution is 2.68. The quantitative estimate of drug-likeness (QED) is 0.148. The Morgan fingerprint density at radius 2 is 1.85 bits per heavy atom. The smallest absolute Gasteiger partial charge is 0.377 e. The third-order valence-electron chi connectivity index (χ3n) is 9.76. The van der Waals surface area contributed by atoms with Crippen molar-refractivity contribution in [2.24, 2.45) is 13.0 Å². The molecule has 3 atom stereocenters. The van der Waals surface area contributed by atoms with Crippen molar-refractivity contribution >= 4 is 39.6 Å². The average molecular weight is 761 g/mol. The van der Waals surface area contributed by atoms with E-state index in [1.807, 2.05) is 0 Å². The SMILES string of the molecule is COCc1nc2nc([C@H](Cc3cc(F)cc(F)c3)NC(=O)Cn3nc(C(F)(F)F)c4c3C(F)(F)[C@@H]3C[C@H]43)c(-c3ccc(Cl)c4c(C)nn(C)c34)cc2[nH]1. The Labute approximate surface area is 300 Å². The number of fused-ring (bicyclic) bond motifs is 5. The van der Waals surface area contributed by atoms with Crippen LogP contribution < -0.4 is 5.32 Å². The second-order valence-corrected chi connectivity index (χ2v) is 13.8. The van der Waals surface area contributed by atoms with Crippen molar-refractivity contribution in [3.05, 3.63) is 92.8 Å². The average Bonchev–Trinajstić information content (AvgIpc) is 3.35. The lowest BCUT2D eigenvalue weighted by Crippen LogP contribution is -2.35. The van der Waals surface area contributed by atoms with Crippen LogP contribution >= 0.6 is 11.6 Å². The van der Waals surface area contributed by atoms with Crippen molar-refractivity contribution < 1.29 is 40.3 Å². The van der Waals surface area contributed by atoms with Gasteiger partial charge < -0.3 is 15.0 Å². The Hall–Kier alpha value is -5.03. The summed E-state index contributed by atoms with van der Waals surface area (Å²) in [5.41, 5.74) is 0.0519. The first-order chi connectivity index (χ1) is 25.0. The maximum Gasteiger partial charge on any atom is 0.435 e. The molecule has 2 aliphatic carbocycles. The first-order valence-corrected chi connectivity index (χ1v) is 16.7. The zero-order valence-electron chi connectivity index (χ0n) is 28.0. The molecule has 2 N–H and O–H groups in total. The van der Waals surface area contributed by atoms with Crippen LogP contribution in [-0.2, 0) is 48.3 Å². The summed E-state index contributed by atoms with van der Waals surface area (Å²) in [7, 11) is 3.18. The van der Waals surface area contributed by atoms with E-state index in [2.05, 4.69) is 25.5 Å². The van der Waals surface area contributed by atoms with Gasteiger partial charge in [0.15, 0.2) is 11.3 Å². The van der Waals surface area contributed by atoms with Crippen LogP contribution in [0.1, 0.15) is 58.1 Å². The number of aromatic amines is 1. The minimum absolute atomic E-state index is 0.0892. The van der Waals surface area contributed by atoms with Crippen molar-refractivity contribution in [3.8, 4) is 11.1 Å². The van der Waals surface area contributed by atoms with Gasteiger partial charge in [0.25, 0.3) is 5.92 Å². The normalized spacial score (nSPS) is 18.1. The second kappa shape index (κ2) is 12.3. The number of hydrogen-bond donors (Lipinski definition) is 2. The van der Waals surface area contributed by atoms with E-state index in [-0.39, 0.29) is 36.4 Å². The molecular formula is C35H28ClF7N8O2. The van der Waals surface area contributed by atoms with Gasteiger partial charge >= 0.3 is 6.18 Å². The monoisotopic (exact) mass is 760 g/mol. The van der Waals surface area contributed by atoms with E-state index in [0.717, 1.165) is 12.1 Å². The molecule has 0 aliphatic heterocycles. The number of rotatable bonds is 9. The number of methoxy groups -OCH3 is 1. The molecule has 53 heavy (non-hydrogen) atoms. The Bertz CT molecular complexity index is 2450. The van der Waals surface area contributed by atoms with E-state index in [1.165, 1.54) is 7.11 Å². The maximum absolute atomic E-state index is 15.3. The fraction of sp³-hybridized carbons (Fsp3) is 0.343. The number of alkyl halides is 5. The zero-order valence-corrected chi connectivity index (χ0v) is 28.8. The van der Waals surface area contributed by atoms with Gasteiger partial charge in [0.2, 0.25) is 5.91 Å². The molecular weight excluding hydrogens is 733 g/mol. The summed E-state index contributed by atoms with van der Waals surface area (Å²) in [6.45, 7) is 0.860. The summed E-state index contributed by atoms with van der Waals surface area (Å²) in [6.07, 6.45) is -5.43. The minimum Gasteiger partial charge on any atom is -0.377 e. The number of aromatic nitrogens is 7. The molecule has 8 rings (SSSR count). The van der Waals surface area contributed by atoms with Crippen LogP contribution in [0.15, 0.2) is 36.4 Å². The topological polar surface area (TPSA) is 116 Å². The first-order valence-electron chi connectivity index (χ1n) is 16.4. The number of pyridine rings is 1. The fourth-order valence-corrected chi connectivity index (χ4v) is 7.92. The van der Waals surface area contributed by atoms with Gasteiger partial charge in [0.05, 0.1) is 33.5 Å². The molecule has 0 spiro atoms. The van der Waals surface area contributed by atoms with Crippen LogP contribution in [0.2, 0.25) is 5.02 Å². The van der Waals surface area contributed by atoms with E-state index in [1.54, 1.807) is 36.9 Å². The molecule has 4 aromatic heterocycles. The van der Waals surface area contributed by atoms with Gasteiger partial charge in [-0.25, -0.2) is 18.7 Å². The summed E-state index contributed by atoms with van der Waals surface area (Å²) in [5, 5.41) is 11.7. The number of benzene rings is 2. The van der Waals surface area contributed by atoms with E-state index in [4.69, 9.17) is 21.3 Å². The zero-order chi connectivity index (χ0) is 37.7. The summed E-state index contributed by atoms with van der Waals surface area (Å²) < 4.78 is 109. The van der Waals surface area contributed by atoms with Crippen molar-refractivity contribution in [1.29, 1.82) is 0 Å². The number of H-pyrrole nitrogens is 1. The Morgan fingerprint density at radius 3 is 2.55 bits per heavy atom. The third-order valence-corrected chi connectivity index (χ3v) is 10.1. The first kappa shape index (κ1) is 35.0. The molecule has 0 bridgehead atoms. The molecule has 1 amide bonds. The Kier molecular flexibility index (Phi) is 8.10. The molecule has 2 aromatic carbocycles. The highest BCUT2D eigenvalue weighted by Gasteiger charge is 2.68. The lowest BCUT2D eigenvalue weighted by molar-refractivity contribution is -0.142. The molecule has 1 fully saturated rings. The van der Waals surface area contributed by atoms with Crippen LogP contribution in [-0.4, -0.2) is 47.5 Å². The van der Waals surface area contributed by atoms with Crippen LogP contribution in [0, 0.1) is 24.5 Å². The van der Waals surface area contributed by atoms with Gasteiger partial charge in [0, 0.05) is 48.2 Å². The van der Waals surface area contributed by atoms with Crippen molar-refractivity contribution in [2.75, 3.05) is 7.11 Å². The third kappa shape index (κ3) is 5.89. The van der Waals surface area contributed by atoms with E-state index in [9.17, 15) is 26.7 Å². The van der Waals surface area contributed by atoms with Crippen LogP contribution in [0.5, 0.6) is 0 Å². The number of nitrogens with zero attached hydrogens (tertiary/aromatic N) is 6. The summed E-state index contributed by atoms with van der Waals surface area (Å²) in [5.74, 6) is -8.33. The van der Waals surface area contributed by atoms with Crippen molar-refractivity contribution in [3.63, 3.8) is 0 Å². The van der Waals surface area contributed by atoms with E-state index in [0.29, 0.717) is 54.8 Å². The molecule has 10 nitrogen and oxygen atoms in total. The summed E-state index contributed by atoms with van der Waals surface area (Å²) in [4.78, 5) is 26.3.